The largest absolute Gasteiger partial charge is 0.494 e. The highest BCUT2D eigenvalue weighted by Crippen LogP contribution is 2.25. The van der Waals surface area contributed by atoms with E-state index in [9.17, 15) is 4.39 Å². The molecule has 0 fully saturated rings. The molecule has 0 unspecified atom stereocenters. The maximum absolute atomic E-state index is 14.3. The summed E-state index contributed by atoms with van der Waals surface area (Å²) in [4.78, 5) is 4.09. The molecule has 1 heterocycles. The fraction of sp³-hybridized carbons (Fsp3) is 0.593. The zero-order valence-electron chi connectivity index (χ0n) is 19.5. The Bertz CT molecular complexity index is 718. The second-order valence-corrected chi connectivity index (χ2v) is 8.24. The van der Waals surface area contributed by atoms with Crippen LogP contribution in [0.15, 0.2) is 36.4 Å². The maximum Gasteiger partial charge on any atom is 0.255 e. The molecule has 0 aliphatic carbocycles. The van der Waals surface area contributed by atoms with Gasteiger partial charge in [-0.25, -0.2) is 4.98 Å². The van der Waals surface area contributed by atoms with E-state index < -0.39 is 5.95 Å². The monoisotopic (exact) mass is 429 g/mol. The minimum atomic E-state index is -0.549. The van der Waals surface area contributed by atoms with Crippen LogP contribution < -0.4 is 9.47 Å². The van der Waals surface area contributed by atoms with Crippen LogP contribution in [0, 0.1) is 5.95 Å². The van der Waals surface area contributed by atoms with Gasteiger partial charge in [0, 0.05) is 5.56 Å². The Kier molecular flexibility index (Phi) is 12.7. The molecule has 1 aromatic heterocycles. The Hall–Kier alpha value is -2.10. The summed E-state index contributed by atoms with van der Waals surface area (Å²) in [5, 5.41) is 0. The Morgan fingerprint density at radius 3 is 1.77 bits per heavy atom. The molecule has 2 aromatic rings. The van der Waals surface area contributed by atoms with Crippen LogP contribution in [0.2, 0.25) is 0 Å². The van der Waals surface area contributed by atoms with Crippen LogP contribution in [0.3, 0.4) is 0 Å². The summed E-state index contributed by atoms with van der Waals surface area (Å²) in [5.74, 6) is 0.528. The van der Waals surface area contributed by atoms with Gasteiger partial charge in [0.2, 0.25) is 0 Å². The van der Waals surface area contributed by atoms with E-state index >= 15 is 0 Å². The molecule has 0 aliphatic heterocycles. The van der Waals surface area contributed by atoms with E-state index in [1.807, 2.05) is 30.3 Å². The maximum atomic E-state index is 14.3. The van der Waals surface area contributed by atoms with Gasteiger partial charge >= 0.3 is 0 Å². The number of unbranched alkanes of at least 4 members (excludes halogenated alkanes) is 10. The van der Waals surface area contributed by atoms with Gasteiger partial charge in [-0.15, -0.1) is 0 Å². The lowest BCUT2D eigenvalue weighted by molar-refractivity contribution is 0.286. The molecule has 0 N–H and O–H groups in total. The number of hydrogen-bond acceptors (Lipinski definition) is 3. The fourth-order valence-electron chi connectivity index (χ4n) is 3.55. The summed E-state index contributed by atoms with van der Waals surface area (Å²) >= 11 is 0. The Labute approximate surface area is 188 Å². The summed E-state index contributed by atoms with van der Waals surface area (Å²) in [6.07, 6.45) is 14.6. The van der Waals surface area contributed by atoms with Gasteiger partial charge in [0.15, 0.2) is 5.75 Å². The molecule has 0 radical (unpaired) electrons. The van der Waals surface area contributed by atoms with Crippen LogP contribution >= 0.6 is 0 Å². The molecule has 4 heteroatoms. The highest BCUT2D eigenvalue weighted by Gasteiger charge is 2.08. The van der Waals surface area contributed by atoms with Crippen molar-refractivity contribution in [3.63, 3.8) is 0 Å². The highest BCUT2D eigenvalue weighted by molar-refractivity contribution is 5.60. The molecule has 0 bridgehead atoms. The molecule has 1 aromatic carbocycles. The summed E-state index contributed by atoms with van der Waals surface area (Å²) in [6.45, 7) is 5.72. The third-order valence-corrected chi connectivity index (χ3v) is 5.49. The molecule has 0 atom stereocenters. The van der Waals surface area contributed by atoms with Crippen molar-refractivity contribution in [3.8, 4) is 22.8 Å². The first kappa shape index (κ1) is 25.2. The average Bonchev–Trinajstić information content (AvgIpc) is 2.79. The summed E-state index contributed by atoms with van der Waals surface area (Å²) in [7, 11) is 0. The SMILES string of the molecule is CCCCCCCCOc1ccc(-c2ccc(OCCCCCCCC)c(F)n2)cc1. The standard InChI is InChI=1S/C27H40FNO2/c1-3-5-7-9-11-13-21-30-24-17-15-23(16-18-24)25-19-20-26(27(28)29-25)31-22-14-12-10-8-6-4-2/h15-20H,3-14,21-22H2,1-2H3. The first-order valence-electron chi connectivity index (χ1n) is 12.3. The molecule has 0 amide bonds. The molecule has 31 heavy (non-hydrogen) atoms. The van der Waals surface area contributed by atoms with Gasteiger partial charge in [0.05, 0.1) is 18.9 Å². The number of nitrogens with zero attached hydrogens (tertiary/aromatic N) is 1. The van der Waals surface area contributed by atoms with Gasteiger partial charge in [-0.05, 0) is 49.2 Å². The predicted octanol–water partition coefficient (Wildman–Crippen LogP) is 8.37. The Morgan fingerprint density at radius 2 is 1.19 bits per heavy atom. The smallest absolute Gasteiger partial charge is 0.255 e. The van der Waals surface area contributed by atoms with Crippen LogP contribution in [-0.4, -0.2) is 18.2 Å². The number of rotatable bonds is 17. The van der Waals surface area contributed by atoms with Crippen molar-refractivity contribution >= 4 is 0 Å². The number of benzene rings is 1. The number of halogens is 1. The predicted molar refractivity (Wildman–Crippen MR) is 127 cm³/mol. The van der Waals surface area contributed by atoms with Crippen LogP contribution in [0.4, 0.5) is 4.39 Å². The van der Waals surface area contributed by atoms with E-state index in [2.05, 4.69) is 18.8 Å². The van der Waals surface area contributed by atoms with Gasteiger partial charge < -0.3 is 9.47 Å². The lowest BCUT2D eigenvalue weighted by Gasteiger charge is -2.09. The minimum Gasteiger partial charge on any atom is -0.494 e. The summed E-state index contributed by atoms with van der Waals surface area (Å²) < 4.78 is 25.7. The number of hydrogen-bond donors (Lipinski definition) is 0. The fourth-order valence-corrected chi connectivity index (χ4v) is 3.55. The lowest BCUT2D eigenvalue weighted by atomic mass is 10.1. The molecule has 0 saturated heterocycles. The molecule has 0 saturated carbocycles. The molecule has 3 nitrogen and oxygen atoms in total. The van der Waals surface area contributed by atoms with Gasteiger partial charge in [-0.2, -0.15) is 4.39 Å². The van der Waals surface area contributed by atoms with Gasteiger partial charge in [0.25, 0.3) is 5.95 Å². The molecular weight excluding hydrogens is 389 g/mol. The third-order valence-electron chi connectivity index (χ3n) is 5.49. The van der Waals surface area contributed by atoms with Crippen LogP contribution in [-0.2, 0) is 0 Å². The summed E-state index contributed by atoms with van der Waals surface area (Å²) in [6, 6.07) is 11.2. The van der Waals surface area contributed by atoms with Crippen molar-refractivity contribution in [2.45, 2.75) is 90.9 Å². The van der Waals surface area contributed by atoms with Gasteiger partial charge in [-0.1, -0.05) is 78.1 Å². The first-order valence-corrected chi connectivity index (χ1v) is 12.3. The van der Waals surface area contributed by atoms with E-state index in [-0.39, 0.29) is 5.75 Å². The van der Waals surface area contributed by atoms with Gasteiger partial charge in [0.1, 0.15) is 5.75 Å². The summed E-state index contributed by atoms with van der Waals surface area (Å²) in [5.41, 5.74) is 1.47. The van der Waals surface area contributed by atoms with Crippen molar-refractivity contribution in [1.82, 2.24) is 4.98 Å². The average molecular weight is 430 g/mol. The van der Waals surface area contributed by atoms with E-state index in [0.717, 1.165) is 37.2 Å². The lowest BCUT2D eigenvalue weighted by Crippen LogP contribution is -2.01. The van der Waals surface area contributed by atoms with Crippen LogP contribution in [0.25, 0.3) is 11.3 Å². The van der Waals surface area contributed by atoms with Crippen molar-refractivity contribution < 1.29 is 13.9 Å². The molecular formula is C27H40FNO2. The van der Waals surface area contributed by atoms with Crippen molar-refractivity contribution in [2.75, 3.05) is 13.2 Å². The van der Waals surface area contributed by atoms with Gasteiger partial charge in [-0.3, -0.25) is 0 Å². The van der Waals surface area contributed by atoms with Crippen LogP contribution in [0.5, 0.6) is 11.5 Å². The third kappa shape index (κ3) is 10.2. The normalized spacial score (nSPS) is 10.9. The van der Waals surface area contributed by atoms with Crippen LogP contribution in [0.1, 0.15) is 90.9 Å². The first-order chi connectivity index (χ1) is 15.2. The van der Waals surface area contributed by atoms with E-state index in [4.69, 9.17) is 9.47 Å². The second-order valence-electron chi connectivity index (χ2n) is 8.24. The quantitative estimate of drug-likeness (QED) is 0.187. The minimum absolute atomic E-state index is 0.233. The topological polar surface area (TPSA) is 31.4 Å². The zero-order chi connectivity index (χ0) is 22.2. The molecule has 0 spiro atoms. The molecule has 2 rings (SSSR count). The number of aromatic nitrogens is 1. The van der Waals surface area contributed by atoms with E-state index in [0.29, 0.717) is 12.3 Å². The molecule has 0 aliphatic rings. The second kappa shape index (κ2) is 15.7. The van der Waals surface area contributed by atoms with Crippen molar-refractivity contribution in [1.29, 1.82) is 0 Å². The van der Waals surface area contributed by atoms with Crippen molar-refractivity contribution in [2.24, 2.45) is 0 Å². The molecule has 172 valence electrons. The van der Waals surface area contributed by atoms with E-state index in [1.54, 1.807) is 6.07 Å². The Balaban J connectivity index is 1.73. The number of ether oxygens (including phenoxy) is 2. The van der Waals surface area contributed by atoms with Crippen molar-refractivity contribution in [3.05, 3.63) is 42.3 Å². The number of pyridine rings is 1. The Morgan fingerprint density at radius 1 is 0.645 bits per heavy atom. The van der Waals surface area contributed by atoms with E-state index in [1.165, 1.54) is 57.8 Å². The highest BCUT2D eigenvalue weighted by atomic mass is 19.1. The zero-order valence-corrected chi connectivity index (χ0v) is 19.5.